The molecule has 2 rings (SSSR count). The van der Waals surface area contributed by atoms with Crippen LogP contribution in [0.5, 0.6) is 0 Å². The number of thioether (sulfide) groups is 1. The first-order chi connectivity index (χ1) is 7.40. The summed E-state index contributed by atoms with van der Waals surface area (Å²) in [6.45, 7) is 3.30. The minimum Gasteiger partial charge on any atom is -0.352 e. The Kier molecular flexibility index (Phi) is 3.94. The fourth-order valence-corrected chi connectivity index (χ4v) is 2.94. The molecule has 1 aromatic rings. The van der Waals surface area contributed by atoms with Crippen LogP contribution in [0, 0.1) is 0 Å². The number of hydrogen-bond donors (Lipinski definition) is 1. The van der Waals surface area contributed by atoms with Gasteiger partial charge in [-0.1, -0.05) is 13.3 Å². The Hall–Kier alpha value is -0.640. The first-order valence-corrected chi connectivity index (χ1v) is 6.91. The van der Waals surface area contributed by atoms with Crippen molar-refractivity contribution in [1.29, 1.82) is 0 Å². The fourth-order valence-electron chi connectivity index (χ4n) is 1.79. The van der Waals surface area contributed by atoms with E-state index in [0.29, 0.717) is 6.04 Å². The number of imidazole rings is 1. The Morgan fingerprint density at radius 2 is 2.60 bits per heavy atom. The molecule has 1 aromatic heterocycles. The van der Waals surface area contributed by atoms with Crippen LogP contribution in [0.25, 0.3) is 0 Å². The van der Waals surface area contributed by atoms with Gasteiger partial charge in [0.1, 0.15) is 0 Å². The van der Waals surface area contributed by atoms with E-state index in [4.69, 9.17) is 0 Å². The zero-order chi connectivity index (χ0) is 10.5. The van der Waals surface area contributed by atoms with E-state index in [1.54, 1.807) is 0 Å². The Morgan fingerprint density at radius 1 is 1.67 bits per heavy atom. The highest BCUT2D eigenvalue weighted by Gasteiger charge is 2.16. The lowest BCUT2D eigenvalue weighted by Crippen LogP contribution is -2.21. The van der Waals surface area contributed by atoms with Crippen LogP contribution in [0.4, 0.5) is 5.95 Å². The maximum atomic E-state index is 4.38. The highest BCUT2D eigenvalue weighted by molar-refractivity contribution is 7.99. The Bertz CT molecular complexity index is 292. The summed E-state index contributed by atoms with van der Waals surface area (Å²) < 4.78 is 2.23. The van der Waals surface area contributed by atoms with Crippen molar-refractivity contribution in [2.24, 2.45) is 0 Å². The van der Waals surface area contributed by atoms with Crippen molar-refractivity contribution in [2.45, 2.75) is 38.8 Å². The smallest absolute Gasteiger partial charge is 0.203 e. The van der Waals surface area contributed by atoms with Gasteiger partial charge in [-0.2, -0.15) is 11.8 Å². The van der Waals surface area contributed by atoms with Crippen molar-refractivity contribution in [3.63, 3.8) is 0 Å². The number of aromatic nitrogens is 2. The van der Waals surface area contributed by atoms with Crippen LogP contribution in [-0.2, 0) is 6.54 Å². The molecule has 0 aliphatic carbocycles. The van der Waals surface area contributed by atoms with Crippen LogP contribution in [0.1, 0.15) is 26.2 Å². The zero-order valence-electron chi connectivity index (χ0n) is 9.28. The van der Waals surface area contributed by atoms with Crippen LogP contribution in [0.15, 0.2) is 12.4 Å². The van der Waals surface area contributed by atoms with E-state index in [-0.39, 0.29) is 0 Å². The molecule has 1 aliphatic rings. The molecule has 4 heteroatoms. The first-order valence-electron chi connectivity index (χ1n) is 5.75. The number of nitrogens with one attached hydrogen (secondary N) is 1. The maximum Gasteiger partial charge on any atom is 0.203 e. The molecule has 0 radical (unpaired) electrons. The Morgan fingerprint density at radius 3 is 3.33 bits per heavy atom. The van der Waals surface area contributed by atoms with Gasteiger partial charge in [0.05, 0.1) is 0 Å². The van der Waals surface area contributed by atoms with Gasteiger partial charge in [-0.05, 0) is 18.6 Å². The van der Waals surface area contributed by atoms with Gasteiger partial charge >= 0.3 is 0 Å². The van der Waals surface area contributed by atoms with Crippen molar-refractivity contribution in [2.75, 3.05) is 16.8 Å². The summed E-state index contributed by atoms with van der Waals surface area (Å²) >= 11 is 2.03. The molecule has 1 saturated heterocycles. The van der Waals surface area contributed by atoms with Gasteiger partial charge in [-0.25, -0.2) is 4.98 Å². The summed E-state index contributed by atoms with van der Waals surface area (Å²) in [6.07, 6.45) is 7.69. The SMILES string of the molecule is CCCCn1ccnc1NC1CCSC1. The summed E-state index contributed by atoms with van der Waals surface area (Å²) in [5.41, 5.74) is 0. The molecule has 0 spiro atoms. The topological polar surface area (TPSA) is 29.9 Å². The van der Waals surface area contributed by atoms with Gasteiger partial charge in [-0.15, -0.1) is 0 Å². The lowest BCUT2D eigenvalue weighted by Gasteiger charge is -2.13. The normalized spacial score (nSPS) is 20.7. The molecule has 2 heterocycles. The quantitative estimate of drug-likeness (QED) is 0.835. The fraction of sp³-hybridized carbons (Fsp3) is 0.727. The van der Waals surface area contributed by atoms with E-state index in [9.17, 15) is 0 Å². The predicted molar refractivity (Wildman–Crippen MR) is 66.5 cm³/mol. The molecule has 0 saturated carbocycles. The average Bonchev–Trinajstić information content (AvgIpc) is 2.87. The molecule has 1 unspecified atom stereocenters. The summed E-state index contributed by atoms with van der Waals surface area (Å²) in [4.78, 5) is 4.38. The van der Waals surface area contributed by atoms with Gasteiger partial charge < -0.3 is 9.88 Å². The van der Waals surface area contributed by atoms with Gasteiger partial charge in [0.2, 0.25) is 5.95 Å². The largest absolute Gasteiger partial charge is 0.352 e. The second-order valence-corrected chi connectivity index (χ2v) is 5.15. The molecular weight excluding hydrogens is 206 g/mol. The number of aryl methyl sites for hydroxylation is 1. The first kappa shape index (κ1) is 10.9. The van der Waals surface area contributed by atoms with Crippen molar-refractivity contribution >= 4 is 17.7 Å². The van der Waals surface area contributed by atoms with Gasteiger partial charge in [0, 0.05) is 30.7 Å². The van der Waals surface area contributed by atoms with Crippen LogP contribution >= 0.6 is 11.8 Å². The molecule has 1 N–H and O–H groups in total. The lowest BCUT2D eigenvalue weighted by molar-refractivity contribution is 0.629. The van der Waals surface area contributed by atoms with E-state index in [0.717, 1.165) is 12.5 Å². The molecule has 1 atom stereocenters. The van der Waals surface area contributed by atoms with Crippen LogP contribution in [-0.4, -0.2) is 27.1 Å². The van der Waals surface area contributed by atoms with Gasteiger partial charge in [0.25, 0.3) is 0 Å². The minimum absolute atomic E-state index is 0.623. The zero-order valence-corrected chi connectivity index (χ0v) is 10.1. The number of hydrogen-bond acceptors (Lipinski definition) is 3. The highest BCUT2D eigenvalue weighted by atomic mass is 32.2. The predicted octanol–water partition coefficient (Wildman–Crippen LogP) is 2.60. The molecule has 0 aromatic carbocycles. The number of unbranched alkanes of at least 4 members (excludes halogenated alkanes) is 1. The van der Waals surface area contributed by atoms with E-state index < -0.39 is 0 Å². The van der Waals surface area contributed by atoms with Crippen molar-refractivity contribution < 1.29 is 0 Å². The van der Waals surface area contributed by atoms with E-state index in [1.807, 2.05) is 18.0 Å². The van der Waals surface area contributed by atoms with Crippen molar-refractivity contribution in [3.05, 3.63) is 12.4 Å². The Labute approximate surface area is 95.7 Å². The molecule has 1 fully saturated rings. The van der Waals surface area contributed by atoms with E-state index >= 15 is 0 Å². The molecule has 0 amide bonds. The molecule has 84 valence electrons. The monoisotopic (exact) mass is 225 g/mol. The third-order valence-electron chi connectivity index (χ3n) is 2.73. The van der Waals surface area contributed by atoms with Crippen LogP contribution in [0.3, 0.4) is 0 Å². The van der Waals surface area contributed by atoms with Gasteiger partial charge in [-0.3, -0.25) is 0 Å². The third-order valence-corrected chi connectivity index (χ3v) is 3.89. The molecule has 3 nitrogen and oxygen atoms in total. The number of nitrogens with zero attached hydrogens (tertiary/aromatic N) is 2. The summed E-state index contributed by atoms with van der Waals surface area (Å²) in [6, 6.07) is 0.623. The lowest BCUT2D eigenvalue weighted by atomic mass is 10.3. The number of rotatable bonds is 5. The maximum absolute atomic E-state index is 4.38. The average molecular weight is 225 g/mol. The van der Waals surface area contributed by atoms with Crippen LogP contribution < -0.4 is 5.32 Å². The number of anilines is 1. The second-order valence-electron chi connectivity index (χ2n) is 4.00. The van der Waals surface area contributed by atoms with Crippen molar-refractivity contribution in [1.82, 2.24) is 9.55 Å². The standard InChI is InChI=1S/C11H19N3S/c1-2-3-6-14-7-5-12-11(14)13-10-4-8-15-9-10/h5,7,10H,2-4,6,8-9H2,1H3,(H,12,13). The summed E-state index contributed by atoms with van der Waals surface area (Å²) in [5, 5.41) is 3.53. The summed E-state index contributed by atoms with van der Waals surface area (Å²) in [5.74, 6) is 3.56. The third kappa shape index (κ3) is 2.91. The molecule has 15 heavy (non-hydrogen) atoms. The molecule has 0 bridgehead atoms. The Balaban J connectivity index is 1.91. The summed E-state index contributed by atoms with van der Waals surface area (Å²) in [7, 11) is 0. The second kappa shape index (κ2) is 5.45. The highest BCUT2D eigenvalue weighted by Crippen LogP contribution is 2.20. The minimum atomic E-state index is 0.623. The van der Waals surface area contributed by atoms with E-state index in [2.05, 4.69) is 28.0 Å². The van der Waals surface area contributed by atoms with Crippen LogP contribution in [0.2, 0.25) is 0 Å². The van der Waals surface area contributed by atoms with Gasteiger partial charge in [0.15, 0.2) is 0 Å². The van der Waals surface area contributed by atoms with Crippen molar-refractivity contribution in [3.8, 4) is 0 Å². The molecule has 1 aliphatic heterocycles. The van der Waals surface area contributed by atoms with E-state index in [1.165, 1.54) is 30.8 Å². The molecular formula is C11H19N3S.